The molecule has 2 aromatic rings. The van der Waals surface area contributed by atoms with Crippen molar-refractivity contribution in [3.05, 3.63) is 57.5 Å². The number of halogens is 2. The van der Waals surface area contributed by atoms with Crippen molar-refractivity contribution < 1.29 is 14.9 Å². The van der Waals surface area contributed by atoms with Gasteiger partial charge >= 0.3 is 0 Å². The summed E-state index contributed by atoms with van der Waals surface area (Å²) in [6.45, 7) is 0.400. The Bertz CT molecular complexity index is 448. The maximum Gasteiger partial charge on any atom is 0.119 e. The normalized spacial score (nSPS) is 9.42. The molecule has 2 rings (SSSR count). The van der Waals surface area contributed by atoms with E-state index in [0.717, 1.165) is 14.7 Å². The quantitative estimate of drug-likeness (QED) is 0.834. The number of aliphatic hydroxyl groups is 1. The Labute approximate surface area is 129 Å². The first-order valence-corrected chi connectivity index (χ1v) is 7.14. The van der Waals surface area contributed by atoms with E-state index in [1.165, 1.54) is 0 Å². The minimum absolute atomic E-state index is 0.0517. The van der Waals surface area contributed by atoms with Crippen molar-refractivity contribution in [1.29, 1.82) is 0 Å². The van der Waals surface area contributed by atoms with Gasteiger partial charge < -0.3 is 14.9 Å². The first-order valence-electron chi connectivity index (χ1n) is 5.55. The zero-order valence-electron chi connectivity index (χ0n) is 10.1. The number of aliphatic hydroxyl groups excluding tert-OH is 1. The third-order valence-corrected chi connectivity index (χ3v) is 3.06. The third-order valence-electron chi connectivity index (χ3n) is 2.00. The minimum Gasteiger partial charge on any atom is -0.508 e. The fraction of sp³-hybridized carbons (Fsp3) is 0.143. The molecule has 0 heterocycles. The molecule has 0 aliphatic rings. The van der Waals surface area contributed by atoms with Crippen LogP contribution < -0.4 is 4.74 Å². The van der Waals surface area contributed by atoms with E-state index in [0.29, 0.717) is 12.4 Å². The van der Waals surface area contributed by atoms with Crippen LogP contribution in [0.4, 0.5) is 0 Å². The second-order valence-corrected chi connectivity index (χ2v) is 5.33. The Morgan fingerprint density at radius 2 is 1.32 bits per heavy atom. The molecule has 0 fully saturated rings. The summed E-state index contributed by atoms with van der Waals surface area (Å²) in [6, 6.07) is 14.3. The molecule has 0 spiro atoms. The van der Waals surface area contributed by atoms with Gasteiger partial charge in [-0.2, -0.15) is 0 Å². The molecule has 0 atom stereocenters. The second kappa shape index (κ2) is 8.96. The van der Waals surface area contributed by atoms with E-state index >= 15 is 0 Å². The fourth-order valence-corrected chi connectivity index (χ4v) is 1.66. The van der Waals surface area contributed by atoms with Crippen LogP contribution in [0.25, 0.3) is 0 Å². The molecule has 0 unspecified atom stereocenters. The van der Waals surface area contributed by atoms with Crippen molar-refractivity contribution >= 4 is 31.9 Å². The molecule has 0 aliphatic heterocycles. The zero-order valence-corrected chi connectivity index (χ0v) is 13.3. The van der Waals surface area contributed by atoms with Crippen LogP contribution in [0.3, 0.4) is 0 Å². The predicted octanol–water partition coefficient (Wildman–Crippen LogP) is 3.97. The van der Waals surface area contributed by atoms with Crippen molar-refractivity contribution in [2.24, 2.45) is 0 Å². The maximum atomic E-state index is 8.74. The monoisotopic (exact) mass is 388 g/mol. The standard InChI is InChI=1S/C8H9BrO2.C6H5BrO/c9-7-1-3-8(4-2-7)11-6-5-10;7-5-1-3-6(8)4-2-5/h1-4,10H,5-6H2;1-4,8H. The topological polar surface area (TPSA) is 49.7 Å². The molecule has 3 nitrogen and oxygen atoms in total. The Balaban J connectivity index is 0.000000200. The van der Waals surface area contributed by atoms with Crippen molar-refractivity contribution in [1.82, 2.24) is 0 Å². The molecule has 2 N–H and O–H groups in total. The fourth-order valence-electron chi connectivity index (χ4n) is 1.14. The summed E-state index contributed by atoms with van der Waals surface area (Å²) in [6.07, 6.45) is 0. The van der Waals surface area contributed by atoms with Gasteiger partial charge in [0.25, 0.3) is 0 Å². The van der Waals surface area contributed by atoms with Crippen LogP contribution in [-0.4, -0.2) is 23.4 Å². The van der Waals surface area contributed by atoms with Crippen LogP contribution in [0.5, 0.6) is 11.5 Å². The van der Waals surface area contributed by atoms with E-state index in [1.807, 2.05) is 24.3 Å². The highest BCUT2D eigenvalue weighted by Crippen LogP contribution is 2.15. The number of benzene rings is 2. The van der Waals surface area contributed by atoms with Gasteiger partial charge in [-0.3, -0.25) is 0 Å². The van der Waals surface area contributed by atoms with Gasteiger partial charge in [-0.1, -0.05) is 31.9 Å². The summed E-state index contributed by atoms with van der Waals surface area (Å²) in [5.41, 5.74) is 0. The van der Waals surface area contributed by atoms with Crippen LogP contribution in [-0.2, 0) is 0 Å². The Kier molecular flexibility index (Phi) is 7.55. The molecule has 102 valence electrons. The lowest BCUT2D eigenvalue weighted by molar-refractivity contribution is 0.201. The highest BCUT2D eigenvalue weighted by atomic mass is 79.9. The average molecular weight is 390 g/mol. The van der Waals surface area contributed by atoms with Crippen LogP contribution in [0.1, 0.15) is 0 Å². The van der Waals surface area contributed by atoms with Crippen molar-refractivity contribution in [3.8, 4) is 11.5 Å². The van der Waals surface area contributed by atoms with Crippen molar-refractivity contribution in [3.63, 3.8) is 0 Å². The van der Waals surface area contributed by atoms with E-state index in [9.17, 15) is 0 Å². The number of ether oxygens (including phenoxy) is 1. The van der Waals surface area contributed by atoms with Crippen LogP contribution in [0.15, 0.2) is 57.5 Å². The molecule has 0 aromatic heterocycles. The van der Waals surface area contributed by atoms with Crippen LogP contribution >= 0.6 is 31.9 Å². The summed E-state index contributed by atoms with van der Waals surface area (Å²) in [5.74, 6) is 1.08. The van der Waals surface area contributed by atoms with E-state index < -0.39 is 0 Å². The molecule has 0 amide bonds. The molecule has 0 radical (unpaired) electrons. The maximum absolute atomic E-state index is 8.74. The number of hydrogen-bond donors (Lipinski definition) is 2. The van der Waals surface area contributed by atoms with E-state index in [4.69, 9.17) is 14.9 Å². The smallest absolute Gasteiger partial charge is 0.119 e. The highest BCUT2D eigenvalue weighted by molar-refractivity contribution is 9.10. The molecule has 0 saturated carbocycles. The van der Waals surface area contributed by atoms with Gasteiger partial charge in [-0.15, -0.1) is 0 Å². The van der Waals surface area contributed by atoms with Gasteiger partial charge in [-0.25, -0.2) is 0 Å². The van der Waals surface area contributed by atoms with Gasteiger partial charge in [0.2, 0.25) is 0 Å². The Morgan fingerprint density at radius 1 is 0.842 bits per heavy atom. The zero-order chi connectivity index (χ0) is 14.1. The lowest BCUT2D eigenvalue weighted by Crippen LogP contribution is -2.00. The van der Waals surface area contributed by atoms with Crippen molar-refractivity contribution in [2.45, 2.75) is 0 Å². The highest BCUT2D eigenvalue weighted by Gasteiger charge is 1.91. The molecule has 5 heteroatoms. The SMILES string of the molecule is OCCOc1ccc(Br)cc1.Oc1ccc(Br)cc1. The number of phenols is 1. The average Bonchev–Trinajstić information content (AvgIpc) is 2.42. The number of phenolic OH excluding ortho intramolecular Hbond substituents is 1. The largest absolute Gasteiger partial charge is 0.508 e. The van der Waals surface area contributed by atoms with Gasteiger partial charge in [0.15, 0.2) is 0 Å². The second-order valence-electron chi connectivity index (χ2n) is 3.50. The number of aromatic hydroxyl groups is 1. The molecule has 2 aromatic carbocycles. The van der Waals surface area contributed by atoms with Crippen molar-refractivity contribution in [2.75, 3.05) is 13.2 Å². The summed E-state index contributed by atoms with van der Waals surface area (Å²) in [7, 11) is 0. The first-order chi connectivity index (χ1) is 9.11. The first kappa shape index (κ1) is 16.0. The van der Waals surface area contributed by atoms with Gasteiger partial charge in [0.1, 0.15) is 18.1 Å². The molecular formula is C14H14Br2O3. The van der Waals surface area contributed by atoms with E-state index in [1.54, 1.807) is 24.3 Å². The Hall–Kier alpha value is -1.04. The van der Waals surface area contributed by atoms with Gasteiger partial charge in [0.05, 0.1) is 6.61 Å². The third kappa shape index (κ3) is 7.20. The predicted molar refractivity (Wildman–Crippen MR) is 82.5 cm³/mol. The summed E-state index contributed by atoms with van der Waals surface area (Å²) in [4.78, 5) is 0. The summed E-state index contributed by atoms with van der Waals surface area (Å²) in [5, 5.41) is 17.2. The summed E-state index contributed by atoms with van der Waals surface area (Å²) < 4.78 is 7.14. The van der Waals surface area contributed by atoms with E-state index in [2.05, 4.69) is 31.9 Å². The summed E-state index contributed by atoms with van der Waals surface area (Å²) >= 11 is 6.54. The lowest BCUT2D eigenvalue weighted by Gasteiger charge is -2.02. The van der Waals surface area contributed by atoms with E-state index in [-0.39, 0.29) is 6.61 Å². The molecule has 0 saturated heterocycles. The lowest BCUT2D eigenvalue weighted by atomic mass is 10.3. The Morgan fingerprint density at radius 3 is 1.74 bits per heavy atom. The molecular weight excluding hydrogens is 376 g/mol. The van der Waals surface area contributed by atoms with Crippen LogP contribution in [0.2, 0.25) is 0 Å². The number of rotatable bonds is 3. The minimum atomic E-state index is 0.0517. The van der Waals surface area contributed by atoms with Gasteiger partial charge in [0, 0.05) is 8.95 Å². The van der Waals surface area contributed by atoms with Gasteiger partial charge in [-0.05, 0) is 48.5 Å². The van der Waals surface area contributed by atoms with Crippen LogP contribution in [0, 0.1) is 0 Å². The number of hydrogen-bond acceptors (Lipinski definition) is 3. The molecule has 0 aliphatic carbocycles. The molecule has 19 heavy (non-hydrogen) atoms. The molecule has 0 bridgehead atoms.